The molecule has 8 rings (SSSR count). The highest BCUT2D eigenvalue weighted by Crippen LogP contribution is 2.40. The molecule has 17 heteroatoms. The Balaban J connectivity index is 1.25. The number of carbonyl (C=O) groups excluding carboxylic acids is 1. The van der Waals surface area contributed by atoms with Gasteiger partial charge < -0.3 is 9.30 Å². The van der Waals surface area contributed by atoms with Crippen molar-refractivity contribution in [1.29, 1.82) is 0 Å². The molecule has 4 aromatic heterocycles. The lowest BCUT2D eigenvalue weighted by Crippen LogP contribution is -2.41. The van der Waals surface area contributed by atoms with Crippen LogP contribution in [0.3, 0.4) is 0 Å². The number of benzene rings is 3. The maximum atomic E-state index is 13.4. The second-order valence-electron chi connectivity index (χ2n) is 12.2. The number of hydrogen-bond donors (Lipinski definition) is 0. The summed E-state index contributed by atoms with van der Waals surface area (Å²) in [5.41, 5.74) is 2.07. The fourth-order valence-electron chi connectivity index (χ4n) is 6.30. The van der Waals surface area contributed by atoms with E-state index in [0.29, 0.717) is 33.2 Å². The molecule has 0 radical (unpaired) electrons. The van der Waals surface area contributed by atoms with Crippen LogP contribution in [0.1, 0.15) is 25.0 Å². The van der Waals surface area contributed by atoms with E-state index in [0.717, 1.165) is 33.1 Å². The Bertz CT molecular complexity index is 2530. The Morgan fingerprint density at radius 1 is 0.943 bits per heavy atom. The van der Waals surface area contributed by atoms with Gasteiger partial charge in [0.2, 0.25) is 17.5 Å². The predicted octanol–water partition coefficient (Wildman–Crippen LogP) is 8.03. The van der Waals surface area contributed by atoms with Gasteiger partial charge in [0, 0.05) is 70.2 Å². The van der Waals surface area contributed by atoms with Crippen molar-refractivity contribution >= 4 is 50.2 Å². The highest BCUT2D eigenvalue weighted by atomic mass is 79.9. The van der Waals surface area contributed by atoms with Crippen molar-refractivity contribution in [3.63, 3.8) is 0 Å². The summed E-state index contributed by atoms with van der Waals surface area (Å²) in [7, 11) is 0. The van der Waals surface area contributed by atoms with E-state index in [1.54, 1.807) is 48.4 Å². The first-order valence-electron chi connectivity index (χ1n) is 16.0. The van der Waals surface area contributed by atoms with Gasteiger partial charge in [0.05, 0.1) is 22.5 Å². The molecule has 1 aliphatic rings. The Kier molecular flexibility index (Phi) is 8.37. The van der Waals surface area contributed by atoms with E-state index in [1.165, 1.54) is 28.7 Å². The third-order valence-electron chi connectivity index (χ3n) is 8.81. The number of alkyl halides is 3. The van der Waals surface area contributed by atoms with E-state index in [9.17, 15) is 18.0 Å². The van der Waals surface area contributed by atoms with E-state index in [1.807, 2.05) is 47.2 Å². The summed E-state index contributed by atoms with van der Waals surface area (Å²) >= 11 is 10.0. The van der Waals surface area contributed by atoms with Gasteiger partial charge in [-0.15, -0.1) is 10.2 Å². The van der Waals surface area contributed by atoms with Crippen molar-refractivity contribution < 1.29 is 22.7 Å². The van der Waals surface area contributed by atoms with E-state index < -0.39 is 17.5 Å². The maximum Gasteiger partial charge on any atom is 0.416 e. The Morgan fingerprint density at radius 2 is 1.68 bits per heavy atom. The molecule has 0 fully saturated rings. The van der Waals surface area contributed by atoms with Crippen molar-refractivity contribution in [2.24, 2.45) is 5.10 Å². The van der Waals surface area contributed by atoms with Gasteiger partial charge in [-0.2, -0.15) is 28.0 Å². The molecule has 1 atom stereocenters. The number of amides is 1. The van der Waals surface area contributed by atoms with Crippen LogP contribution in [-0.4, -0.2) is 56.4 Å². The van der Waals surface area contributed by atoms with Crippen molar-refractivity contribution in [3.8, 4) is 34.0 Å². The summed E-state index contributed by atoms with van der Waals surface area (Å²) in [6.07, 6.45) is 2.36. The first kappa shape index (κ1) is 34.2. The number of hydrogen-bond acceptors (Lipinski definition) is 8. The summed E-state index contributed by atoms with van der Waals surface area (Å²) in [5, 5.41) is 24.4. The van der Waals surface area contributed by atoms with Crippen LogP contribution >= 0.6 is 27.5 Å². The van der Waals surface area contributed by atoms with E-state index in [2.05, 4.69) is 41.5 Å². The fourth-order valence-corrected chi connectivity index (χ4v) is 6.73. The smallest absolute Gasteiger partial charge is 0.416 e. The number of nitrogens with zero attached hydrogens (tertiary/aromatic N) is 10. The van der Waals surface area contributed by atoms with Crippen LogP contribution in [0, 0.1) is 0 Å². The van der Waals surface area contributed by atoms with Gasteiger partial charge >= 0.3 is 6.18 Å². The number of pyridine rings is 1. The lowest BCUT2D eigenvalue weighted by Gasteiger charge is -2.31. The van der Waals surface area contributed by atoms with Gasteiger partial charge in [-0.1, -0.05) is 39.7 Å². The molecule has 0 bridgehead atoms. The minimum Gasteiger partial charge on any atom is -0.446 e. The summed E-state index contributed by atoms with van der Waals surface area (Å²) in [4.78, 5) is 16.9. The first-order valence-corrected chi connectivity index (χ1v) is 17.1. The van der Waals surface area contributed by atoms with Crippen LogP contribution in [0.4, 0.5) is 13.2 Å². The third kappa shape index (κ3) is 6.23. The first-order chi connectivity index (χ1) is 25.4. The molecule has 1 amide bonds. The van der Waals surface area contributed by atoms with E-state index in [4.69, 9.17) is 21.4 Å². The van der Waals surface area contributed by atoms with E-state index >= 15 is 0 Å². The molecule has 3 aromatic carbocycles. The van der Waals surface area contributed by atoms with Crippen LogP contribution < -0.4 is 0 Å². The second kappa shape index (κ2) is 13.0. The number of aromatic nitrogens is 8. The zero-order chi connectivity index (χ0) is 37.1. The monoisotopic (exact) mass is 800 g/mol. The topological polar surface area (TPSA) is 121 Å². The average Bonchev–Trinajstić information content (AvgIpc) is 3.93. The predicted molar refractivity (Wildman–Crippen MR) is 193 cm³/mol. The largest absolute Gasteiger partial charge is 0.446 e. The number of ether oxygens (including phenoxy) is 1. The molecule has 1 aliphatic heterocycles. The number of halogens is 5. The number of carbonyl (C=O) groups is 1. The molecule has 266 valence electrons. The second-order valence-corrected chi connectivity index (χ2v) is 13.6. The number of tetrazole rings is 1. The Hall–Kier alpha value is -5.87. The molecule has 12 nitrogen and oxygen atoms in total. The van der Waals surface area contributed by atoms with Crippen LogP contribution in [0.25, 0.3) is 44.9 Å². The number of fused-ring (bicyclic) bond motifs is 1. The molecule has 0 aliphatic carbocycles. The molecule has 0 saturated carbocycles. The van der Waals surface area contributed by atoms with Crippen LogP contribution in [0.5, 0.6) is 0 Å². The zero-order valence-corrected chi connectivity index (χ0v) is 30.0. The molecule has 0 saturated heterocycles. The van der Waals surface area contributed by atoms with E-state index in [-0.39, 0.29) is 24.2 Å². The molecular formula is C36H25BrClF3N10O2. The minimum atomic E-state index is -4.51. The third-order valence-corrected chi connectivity index (χ3v) is 9.57. The summed E-state index contributed by atoms with van der Waals surface area (Å²) < 4.78 is 52.4. The highest BCUT2D eigenvalue weighted by Gasteiger charge is 2.44. The lowest BCUT2D eigenvalue weighted by molar-refractivity contribution is -0.146. The van der Waals surface area contributed by atoms with Crippen molar-refractivity contribution in [2.75, 3.05) is 0 Å². The van der Waals surface area contributed by atoms with Gasteiger partial charge in [-0.05, 0) is 77.2 Å². The quantitative estimate of drug-likeness (QED) is 0.160. The number of rotatable bonds is 7. The van der Waals surface area contributed by atoms with Gasteiger partial charge in [-0.3, -0.25) is 9.78 Å². The SMILES string of the molecule is CC(=O)N1N=C(Cn2cc(-c3nn(-c4ccncc4)cc3-c3nnnn3-c3ccc(C(F)(F)F)cc3)c3cc(Cl)ccc32)OC1(C)c1ccc(Br)cc1. The molecule has 0 N–H and O–H groups in total. The molecule has 0 spiro atoms. The van der Waals surface area contributed by atoms with Gasteiger partial charge in [0.15, 0.2) is 5.82 Å². The van der Waals surface area contributed by atoms with Gasteiger partial charge in [0.1, 0.15) is 12.2 Å². The number of hydrazone groups is 1. The summed E-state index contributed by atoms with van der Waals surface area (Å²) in [6.45, 7) is 3.35. The molecule has 53 heavy (non-hydrogen) atoms. The molecule has 1 unspecified atom stereocenters. The van der Waals surface area contributed by atoms with Crippen LogP contribution in [-0.2, 0) is 28.0 Å². The Morgan fingerprint density at radius 3 is 2.38 bits per heavy atom. The molecule has 5 heterocycles. The van der Waals surface area contributed by atoms with Crippen molar-refractivity contribution in [2.45, 2.75) is 32.3 Å². The van der Waals surface area contributed by atoms with Crippen LogP contribution in [0.2, 0.25) is 5.02 Å². The normalized spacial score (nSPS) is 15.9. The average molecular weight is 802 g/mol. The van der Waals surface area contributed by atoms with Gasteiger partial charge in [-0.25, -0.2) is 4.68 Å². The highest BCUT2D eigenvalue weighted by molar-refractivity contribution is 9.10. The van der Waals surface area contributed by atoms with Crippen LogP contribution in [0.15, 0.2) is 113 Å². The standard InChI is InChI=1S/C36H25BrClF3N10O2/c1-21(52)51-35(2,22-3-7-24(37)8-4-22)53-32(44-51)20-48-18-29(28-17-25(38)9-12-31(28)48)33-30(19-49(45-33)26-13-15-42-16-14-26)34-43-46-47-50(34)27-10-5-23(6-11-27)36(39,40)41/h3-19H,20H2,1-2H3. The minimum absolute atomic E-state index is 0.137. The summed E-state index contributed by atoms with van der Waals surface area (Å²) in [6, 6.07) is 21.0. The van der Waals surface area contributed by atoms with Crippen molar-refractivity contribution in [3.05, 3.63) is 124 Å². The summed E-state index contributed by atoms with van der Waals surface area (Å²) in [5.74, 6) is 0.221. The maximum absolute atomic E-state index is 13.4. The zero-order valence-electron chi connectivity index (χ0n) is 27.7. The fraction of sp³-hybridized carbons (Fsp3) is 0.139. The van der Waals surface area contributed by atoms with Crippen molar-refractivity contribution in [1.82, 2.24) is 44.5 Å². The lowest BCUT2D eigenvalue weighted by atomic mass is 10.0. The van der Waals surface area contributed by atoms with Gasteiger partial charge in [0.25, 0.3) is 0 Å². The Labute approximate surface area is 312 Å². The molecule has 7 aromatic rings. The molecular weight excluding hydrogens is 777 g/mol.